The number of nitrogens with zero attached hydrogens (tertiary/aromatic N) is 1. The van der Waals surface area contributed by atoms with E-state index in [2.05, 4.69) is 5.32 Å². The first kappa shape index (κ1) is 16.7. The molecule has 2 amide bonds. The minimum Gasteiger partial charge on any atom is -0.384 e. The molecule has 0 heterocycles. The van der Waals surface area contributed by atoms with Gasteiger partial charge in [0.15, 0.2) is 0 Å². The lowest BCUT2D eigenvalue weighted by atomic mass is 9.82. The van der Waals surface area contributed by atoms with Crippen molar-refractivity contribution >= 4 is 6.03 Å². The van der Waals surface area contributed by atoms with Gasteiger partial charge in [-0.1, -0.05) is 0 Å². The van der Waals surface area contributed by atoms with Crippen molar-refractivity contribution in [2.45, 2.75) is 46.3 Å². The van der Waals surface area contributed by atoms with E-state index < -0.39 is 12.2 Å². The lowest BCUT2D eigenvalue weighted by Crippen LogP contribution is -2.38. The molecule has 0 aromatic rings. The molecule has 5 heteroatoms. The standard InChI is InChI=1S/C15H26N2O3/c1-6-16-15(20)17(5)8-7-12-11(4)13(18)9(2)10(3)14(12)19/h13-14,18-19H,6-8H2,1-5H3,(H,16,20). The van der Waals surface area contributed by atoms with Crippen molar-refractivity contribution in [3.63, 3.8) is 0 Å². The van der Waals surface area contributed by atoms with Crippen LogP contribution in [0.25, 0.3) is 0 Å². The van der Waals surface area contributed by atoms with Crippen LogP contribution in [0.1, 0.15) is 34.1 Å². The summed E-state index contributed by atoms with van der Waals surface area (Å²) in [4.78, 5) is 13.2. The fourth-order valence-electron chi connectivity index (χ4n) is 2.42. The van der Waals surface area contributed by atoms with Crippen molar-refractivity contribution in [2.24, 2.45) is 0 Å². The number of urea groups is 1. The Morgan fingerprint density at radius 3 is 2.25 bits per heavy atom. The Morgan fingerprint density at radius 2 is 1.70 bits per heavy atom. The molecule has 0 aromatic carbocycles. The van der Waals surface area contributed by atoms with E-state index in [1.54, 1.807) is 11.9 Å². The normalized spacial score (nSPS) is 23.1. The van der Waals surface area contributed by atoms with Gasteiger partial charge < -0.3 is 20.4 Å². The van der Waals surface area contributed by atoms with Crippen LogP contribution < -0.4 is 5.32 Å². The van der Waals surface area contributed by atoms with E-state index in [0.717, 1.165) is 22.3 Å². The Kier molecular flexibility index (Phi) is 5.77. The summed E-state index contributed by atoms with van der Waals surface area (Å²) in [5.74, 6) is 0. The highest BCUT2D eigenvalue weighted by molar-refractivity contribution is 5.73. The number of carbonyl (C=O) groups is 1. The first-order valence-corrected chi connectivity index (χ1v) is 7.03. The van der Waals surface area contributed by atoms with Crippen LogP contribution in [-0.2, 0) is 0 Å². The minimum absolute atomic E-state index is 0.125. The van der Waals surface area contributed by atoms with Crippen molar-refractivity contribution in [1.82, 2.24) is 10.2 Å². The molecule has 0 bridgehead atoms. The number of carbonyl (C=O) groups excluding carboxylic acids is 1. The van der Waals surface area contributed by atoms with Gasteiger partial charge >= 0.3 is 6.03 Å². The van der Waals surface area contributed by atoms with Crippen molar-refractivity contribution in [2.75, 3.05) is 20.1 Å². The SMILES string of the molecule is CCNC(=O)N(C)CCC1=C(C)C(O)C(C)=C(C)C1O. The Morgan fingerprint density at radius 1 is 1.15 bits per heavy atom. The van der Waals surface area contributed by atoms with E-state index >= 15 is 0 Å². The van der Waals surface area contributed by atoms with Crippen LogP contribution in [0.3, 0.4) is 0 Å². The number of hydrogen-bond acceptors (Lipinski definition) is 3. The Bertz CT molecular complexity index is 440. The molecule has 114 valence electrons. The summed E-state index contributed by atoms with van der Waals surface area (Å²) in [6.45, 7) is 8.48. The smallest absolute Gasteiger partial charge is 0.317 e. The lowest BCUT2D eigenvalue weighted by Gasteiger charge is -2.31. The second-order valence-electron chi connectivity index (χ2n) is 5.39. The number of nitrogens with one attached hydrogen (secondary N) is 1. The fraction of sp³-hybridized carbons (Fsp3) is 0.667. The monoisotopic (exact) mass is 282 g/mol. The predicted octanol–water partition coefficient (Wildman–Crippen LogP) is 1.43. The molecule has 1 aliphatic carbocycles. The zero-order valence-electron chi connectivity index (χ0n) is 13.0. The molecule has 1 aliphatic rings. The second kappa shape index (κ2) is 6.90. The number of aliphatic hydroxyl groups is 2. The highest BCUT2D eigenvalue weighted by Gasteiger charge is 2.28. The van der Waals surface area contributed by atoms with Gasteiger partial charge in [0.05, 0.1) is 12.2 Å². The summed E-state index contributed by atoms with van der Waals surface area (Å²) in [6.07, 6.45) is -0.716. The quantitative estimate of drug-likeness (QED) is 0.683. The zero-order valence-corrected chi connectivity index (χ0v) is 13.0. The van der Waals surface area contributed by atoms with Gasteiger partial charge in [0.25, 0.3) is 0 Å². The Hall–Kier alpha value is -1.33. The maximum Gasteiger partial charge on any atom is 0.317 e. The molecule has 0 radical (unpaired) electrons. The second-order valence-corrected chi connectivity index (χ2v) is 5.39. The fourth-order valence-corrected chi connectivity index (χ4v) is 2.42. The average molecular weight is 282 g/mol. The van der Waals surface area contributed by atoms with Gasteiger partial charge in [-0.2, -0.15) is 0 Å². The van der Waals surface area contributed by atoms with E-state index in [4.69, 9.17) is 0 Å². The summed E-state index contributed by atoms with van der Waals surface area (Å²) < 4.78 is 0. The Labute approximate surface area is 121 Å². The van der Waals surface area contributed by atoms with Gasteiger partial charge in [0, 0.05) is 20.1 Å². The number of amides is 2. The molecule has 0 saturated carbocycles. The van der Waals surface area contributed by atoms with Gasteiger partial charge in [-0.15, -0.1) is 0 Å². The third kappa shape index (κ3) is 3.41. The summed E-state index contributed by atoms with van der Waals surface area (Å²) >= 11 is 0. The van der Waals surface area contributed by atoms with Crippen molar-refractivity contribution in [3.8, 4) is 0 Å². The molecule has 2 unspecified atom stereocenters. The van der Waals surface area contributed by atoms with Crippen LogP contribution in [0.5, 0.6) is 0 Å². The Balaban J connectivity index is 2.75. The first-order valence-electron chi connectivity index (χ1n) is 7.03. The molecular formula is C15H26N2O3. The number of hydrogen-bond donors (Lipinski definition) is 3. The van der Waals surface area contributed by atoms with Gasteiger partial charge in [-0.25, -0.2) is 4.79 Å². The topological polar surface area (TPSA) is 72.8 Å². The molecule has 0 saturated heterocycles. The molecule has 0 aromatic heterocycles. The third-order valence-corrected chi connectivity index (χ3v) is 4.08. The largest absolute Gasteiger partial charge is 0.384 e. The summed E-state index contributed by atoms with van der Waals surface area (Å²) in [5.41, 5.74) is 3.23. The number of rotatable bonds is 4. The maximum absolute atomic E-state index is 11.6. The molecule has 0 spiro atoms. The molecule has 3 N–H and O–H groups in total. The molecule has 0 fully saturated rings. The van der Waals surface area contributed by atoms with E-state index in [1.165, 1.54) is 0 Å². The van der Waals surface area contributed by atoms with Gasteiger partial charge in [-0.3, -0.25) is 0 Å². The number of aliphatic hydroxyl groups excluding tert-OH is 2. The summed E-state index contributed by atoms with van der Waals surface area (Å²) in [5, 5.41) is 23.2. The van der Waals surface area contributed by atoms with Crippen LogP contribution in [0.4, 0.5) is 4.79 Å². The lowest BCUT2D eigenvalue weighted by molar-refractivity contribution is 0.192. The van der Waals surface area contributed by atoms with Gasteiger partial charge in [-0.05, 0) is 56.4 Å². The molecule has 2 atom stereocenters. The zero-order chi connectivity index (χ0) is 15.4. The van der Waals surface area contributed by atoms with E-state index in [-0.39, 0.29) is 6.03 Å². The van der Waals surface area contributed by atoms with Gasteiger partial charge in [0.2, 0.25) is 0 Å². The molecule has 1 rings (SSSR count). The highest BCUT2D eigenvalue weighted by Crippen LogP contribution is 2.31. The summed E-state index contributed by atoms with van der Waals surface area (Å²) in [7, 11) is 1.72. The van der Waals surface area contributed by atoms with Crippen LogP contribution in [0.15, 0.2) is 22.3 Å². The van der Waals surface area contributed by atoms with E-state index in [9.17, 15) is 15.0 Å². The van der Waals surface area contributed by atoms with Gasteiger partial charge in [0.1, 0.15) is 0 Å². The average Bonchev–Trinajstić information content (AvgIpc) is 2.43. The van der Waals surface area contributed by atoms with Crippen molar-refractivity contribution in [3.05, 3.63) is 22.3 Å². The predicted molar refractivity (Wildman–Crippen MR) is 79.4 cm³/mol. The summed E-state index contributed by atoms with van der Waals surface area (Å²) in [6, 6.07) is -0.125. The minimum atomic E-state index is -0.652. The van der Waals surface area contributed by atoms with Crippen LogP contribution in [-0.4, -0.2) is 53.5 Å². The third-order valence-electron chi connectivity index (χ3n) is 4.08. The first-order chi connectivity index (χ1) is 9.31. The van der Waals surface area contributed by atoms with Crippen LogP contribution in [0, 0.1) is 0 Å². The van der Waals surface area contributed by atoms with Crippen molar-refractivity contribution in [1.29, 1.82) is 0 Å². The molecule has 0 aliphatic heterocycles. The molecule has 5 nitrogen and oxygen atoms in total. The molecular weight excluding hydrogens is 256 g/mol. The highest BCUT2D eigenvalue weighted by atomic mass is 16.3. The molecule has 20 heavy (non-hydrogen) atoms. The van der Waals surface area contributed by atoms with E-state index in [0.29, 0.717) is 19.5 Å². The van der Waals surface area contributed by atoms with Crippen molar-refractivity contribution < 1.29 is 15.0 Å². The van der Waals surface area contributed by atoms with Crippen LogP contribution >= 0.6 is 0 Å². The maximum atomic E-state index is 11.6. The van der Waals surface area contributed by atoms with E-state index in [1.807, 2.05) is 27.7 Å². The van der Waals surface area contributed by atoms with Crippen LogP contribution in [0.2, 0.25) is 0 Å².